The second-order valence-corrected chi connectivity index (χ2v) is 3.15. The number of halogens is 3. The summed E-state index contributed by atoms with van der Waals surface area (Å²) in [6.07, 6.45) is -6.33. The van der Waals surface area contributed by atoms with Crippen molar-refractivity contribution in [3.05, 3.63) is 0 Å². The lowest BCUT2D eigenvalue weighted by atomic mass is 10.3. The van der Waals surface area contributed by atoms with Crippen molar-refractivity contribution < 1.29 is 27.4 Å². The van der Waals surface area contributed by atoms with Gasteiger partial charge in [0.25, 0.3) is 0 Å². The van der Waals surface area contributed by atoms with Gasteiger partial charge in [-0.15, -0.1) is 0 Å². The van der Waals surface area contributed by atoms with Gasteiger partial charge in [0, 0.05) is 0 Å². The van der Waals surface area contributed by atoms with Crippen molar-refractivity contribution in [2.75, 3.05) is 20.3 Å². The van der Waals surface area contributed by atoms with Crippen LogP contribution in [0.3, 0.4) is 0 Å². The van der Waals surface area contributed by atoms with E-state index in [1.807, 2.05) is 0 Å². The molecule has 96 valence electrons. The van der Waals surface area contributed by atoms with Crippen LogP contribution >= 0.6 is 0 Å². The number of esters is 1. The van der Waals surface area contributed by atoms with E-state index in [0.717, 1.165) is 6.92 Å². The quantitative estimate of drug-likeness (QED) is 0.710. The highest BCUT2D eigenvalue weighted by Gasteiger charge is 2.37. The molecule has 0 aromatic carbocycles. The molecule has 0 aliphatic heterocycles. The number of methoxy groups -OCH3 is 1. The average molecular weight is 243 g/mol. The third-order valence-electron chi connectivity index (χ3n) is 1.91. The van der Waals surface area contributed by atoms with E-state index in [9.17, 15) is 18.0 Å². The number of alkyl halides is 3. The van der Waals surface area contributed by atoms with Crippen LogP contribution in [0.25, 0.3) is 0 Å². The molecule has 0 aliphatic rings. The minimum atomic E-state index is -4.42. The Bertz CT molecular complexity index is 221. The highest BCUT2D eigenvalue weighted by atomic mass is 19.4. The molecule has 0 rings (SSSR count). The van der Waals surface area contributed by atoms with Crippen molar-refractivity contribution in [2.45, 2.75) is 32.2 Å². The standard InChI is InChI=1S/C9H16F3NO3/c1-4-13-7(8(14)15-3)5-16-6(2)9(10,11)12/h6-7,13H,4-5H2,1-3H3. The van der Waals surface area contributed by atoms with E-state index in [0.29, 0.717) is 6.54 Å². The molecular weight excluding hydrogens is 227 g/mol. The third-order valence-corrected chi connectivity index (χ3v) is 1.91. The van der Waals surface area contributed by atoms with E-state index >= 15 is 0 Å². The topological polar surface area (TPSA) is 47.6 Å². The molecule has 0 bridgehead atoms. The second kappa shape index (κ2) is 6.70. The van der Waals surface area contributed by atoms with Crippen LogP contribution < -0.4 is 5.32 Å². The molecule has 2 unspecified atom stereocenters. The summed E-state index contributed by atoms with van der Waals surface area (Å²) < 4.78 is 45.3. The highest BCUT2D eigenvalue weighted by Crippen LogP contribution is 2.22. The van der Waals surface area contributed by atoms with Crippen molar-refractivity contribution in [1.82, 2.24) is 5.32 Å². The molecule has 16 heavy (non-hydrogen) atoms. The third kappa shape index (κ3) is 5.32. The summed E-state index contributed by atoms with van der Waals surface area (Å²) in [6.45, 7) is 2.67. The number of hydrogen-bond donors (Lipinski definition) is 1. The molecule has 0 radical (unpaired) electrons. The predicted octanol–water partition coefficient (Wildman–Crippen LogP) is 1.10. The molecule has 0 aromatic rings. The SMILES string of the molecule is CCNC(COC(C)C(F)(F)F)C(=O)OC. The van der Waals surface area contributed by atoms with Crippen LogP contribution in [0, 0.1) is 0 Å². The molecule has 7 heteroatoms. The Morgan fingerprint density at radius 3 is 2.38 bits per heavy atom. The lowest BCUT2D eigenvalue weighted by Crippen LogP contribution is -2.43. The van der Waals surface area contributed by atoms with Crippen LogP contribution in [0.1, 0.15) is 13.8 Å². The number of carbonyl (C=O) groups excluding carboxylic acids is 1. The van der Waals surface area contributed by atoms with E-state index in [2.05, 4.69) is 14.8 Å². The van der Waals surface area contributed by atoms with Crippen LogP contribution in [0.5, 0.6) is 0 Å². The molecule has 0 aromatic heterocycles. The van der Waals surface area contributed by atoms with Gasteiger partial charge in [-0.25, -0.2) is 0 Å². The van der Waals surface area contributed by atoms with Crippen molar-refractivity contribution in [3.63, 3.8) is 0 Å². The van der Waals surface area contributed by atoms with Crippen LogP contribution in [-0.2, 0) is 14.3 Å². The lowest BCUT2D eigenvalue weighted by Gasteiger charge is -2.20. The monoisotopic (exact) mass is 243 g/mol. The number of hydrogen-bond acceptors (Lipinski definition) is 4. The van der Waals surface area contributed by atoms with Gasteiger partial charge in [-0.3, -0.25) is 4.79 Å². The van der Waals surface area contributed by atoms with Crippen LogP contribution in [-0.4, -0.2) is 44.6 Å². The van der Waals surface area contributed by atoms with E-state index in [1.54, 1.807) is 6.92 Å². The van der Waals surface area contributed by atoms with Crippen molar-refractivity contribution in [3.8, 4) is 0 Å². The summed E-state index contributed by atoms with van der Waals surface area (Å²) in [5.74, 6) is -0.642. The largest absolute Gasteiger partial charge is 0.468 e. The van der Waals surface area contributed by atoms with Gasteiger partial charge in [0.15, 0.2) is 6.10 Å². The smallest absolute Gasteiger partial charge is 0.414 e. The van der Waals surface area contributed by atoms with Gasteiger partial charge in [0.1, 0.15) is 6.04 Å². The van der Waals surface area contributed by atoms with Gasteiger partial charge in [0.05, 0.1) is 13.7 Å². The van der Waals surface area contributed by atoms with Crippen molar-refractivity contribution in [1.29, 1.82) is 0 Å². The molecule has 0 saturated heterocycles. The molecule has 0 heterocycles. The fourth-order valence-electron chi connectivity index (χ4n) is 0.934. The van der Waals surface area contributed by atoms with Gasteiger partial charge >= 0.3 is 12.1 Å². The van der Waals surface area contributed by atoms with Gasteiger partial charge in [0.2, 0.25) is 0 Å². The maximum absolute atomic E-state index is 12.1. The Balaban J connectivity index is 4.16. The summed E-state index contributed by atoms with van der Waals surface area (Å²) in [6, 6.07) is -0.875. The normalized spacial score (nSPS) is 15.6. The molecule has 0 amide bonds. The van der Waals surface area contributed by atoms with Crippen LogP contribution in [0.4, 0.5) is 13.2 Å². The summed E-state index contributed by atoms with van der Waals surface area (Å²) in [5, 5.41) is 2.67. The number of carbonyl (C=O) groups is 1. The van der Waals surface area contributed by atoms with Crippen LogP contribution in [0.15, 0.2) is 0 Å². The molecule has 0 fully saturated rings. The molecule has 4 nitrogen and oxygen atoms in total. The van der Waals surface area contributed by atoms with Gasteiger partial charge in [-0.05, 0) is 13.5 Å². The zero-order valence-electron chi connectivity index (χ0n) is 9.43. The summed E-state index contributed by atoms with van der Waals surface area (Å²) in [4.78, 5) is 11.1. The molecule has 0 spiro atoms. The number of rotatable bonds is 6. The van der Waals surface area contributed by atoms with E-state index < -0.39 is 24.3 Å². The first-order valence-corrected chi connectivity index (χ1v) is 4.82. The molecular formula is C9H16F3NO3. The van der Waals surface area contributed by atoms with E-state index in [1.165, 1.54) is 7.11 Å². The fraction of sp³-hybridized carbons (Fsp3) is 0.889. The van der Waals surface area contributed by atoms with Crippen LogP contribution in [0.2, 0.25) is 0 Å². The lowest BCUT2D eigenvalue weighted by molar-refractivity contribution is -0.216. The van der Waals surface area contributed by atoms with Crippen molar-refractivity contribution >= 4 is 5.97 Å². The predicted molar refractivity (Wildman–Crippen MR) is 50.9 cm³/mol. The van der Waals surface area contributed by atoms with Gasteiger partial charge in [-0.2, -0.15) is 13.2 Å². The number of likely N-dealkylation sites (N-methyl/N-ethyl adjacent to an activating group) is 1. The zero-order valence-corrected chi connectivity index (χ0v) is 9.43. The zero-order chi connectivity index (χ0) is 12.8. The molecule has 2 atom stereocenters. The Morgan fingerprint density at radius 2 is 2.00 bits per heavy atom. The fourth-order valence-corrected chi connectivity index (χ4v) is 0.934. The Kier molecular flexibility index (Phi) is 6.35. The van der Waals surface area contributed by atoms with E-state index in [4.69, 9.17) is 0 Å². The average Bonchev–Trinajstić information content (AvgIpc) is 2.21. The van der Waals surface area contributed by atoms with Gasteiger partial charge in [-0.1, -0.05) is 6.92 Å². The number of nitrogens with one attached hydrogen (secondary N) is 1. The Morgan fingerprint density at radius 1 is 1.44 bits per heavy atom. The molecule has 1 N–H and O–H groups in total. The van der Waals surface area contributed by atoms with Gasteiger partial charge < -0.3 is 14.8 Å². The highest BCUT2D eigenvalue weighted by molar-refractivity contribution is 5.75. The number of ether oxygens (including phenoxy) is 2. The Hall–Kier alpha value is -0.820. The van der Waals surface area contributed by atoms with Crippen molar-refractivity contribution in [2.24, 2.45) is 0 Å². The summed E-state index contributed by atoms with van der Waals surface area (Å²) >= 11 is 0. The Labute approximate surface area is 92.1 Å². The second-order valence-electron chi connectivity index (χ2n) is 3.15. The minimum Gasteiger partial charge on any atom is -0.468 e. The summed E-state index contributed by atoms with van der Waals surface area (Å²) in [5.41, 5.74) is 0. The first-order chi connectivity index (χ1) is 7.32. The minimum absolute atomic E-state index is 0.374. The molecule has 0 saturated carbocycles. The molecule has 0 aliphatic carbocycles. The maximum Gasteiger partial charge on any atom is 0.414 e. The first-order valence-electron chi connectivity index (χ1n) is 4.82. The van der Waals surface area contributed by atoms with E-state index in [-0.39, 0.29) is 6.61 Å². The summed E-state index contributed by atoms with van der Waals surface area (Å²) in [7, 11) is 1.17. The first kappa shape index (κ1) is 15.2. The maximum atomic E-state index is 12.1.